The molecule has 0 bridgehead atoms. The van der Waals surface area contributed by atoms with Crippen LogP contribution in [0.2, 0.25) is 0 Å². The summed E-state index contributed by atoms with van der Waals surface area (Å²) in [6, 6.07) is 9.88. The highest BCUT2D eigenvalue weighted by atomic mass is 32.1. The molecule has 0 unspecified atom stereocenters. The fraction of sp³-hybridized carbons (Fsp3) is 0.0769. The van der Waals surface area contributed by atoms with Crippen LogP contribution in [-0.4, -0.2) is 21.1 Å². The molecule has 0 aliphatic carbocycles. The number of nitrogens with one attached hydrogen (secondary N) is 2. The van der Waals surface area contributed by atoms with Crippen molar-refractivity contribution >= 4 is 23.1 Å². The number of benzene rings is 1. The SMILES string of the molecule is NC(=S)c1cccc(CNC(=O)c2ccc(=O)[nH]n2)c1. The fourth-order valence-corrected chi connectivity index (χ4v) is 1.71. The van der Waals surface area contributed by atoms with Crippen molar-refractivity contribution in [3.8, 4) is 0 Å². The van der Waals surface area contributed by atoms with Crippen molar-refractivity contribution in [1.82, 2.24) is 15.5 Å². The molecule has 0 spiro atoms. The number of hydrogen-bond donors (Lipinski definition) is 3. The topological polar surface area (TPSA) is 101 Å². The molecule has 0 fully saturated rings. The van der Waals surface area contributed by atoms with Crippen molar-refractivity contribution in [2.24, 2.45) is 5.73 Å². The molecule has 20 heavy (non-hydrogen) atoms. The van der Waals surface area contributed by atoms with E-state index in [0.717, 1.165) is 11.1 Å². The number of H-pyrrole nitrogens is 1. The van der Waals surface area contributed by atoms with Gasteiger partial charge in [0, 0.05) is 18.2 Å². The molecule has 102 valence electrons. The van der Waals surface area contributed by atoms with Crippen molar-refractivity contribution in [1.29, 1.82) is 0 Å². The number of aromatic nitrogens is 2. The lowest BCUT2D eigenvalue weighted by Gasteiger charge is -2.06. The van der Waals surface area contributed by atoms with Crippen LogP contribution in [0.1, 0.15) is 21.6 Å². The average molecular weight is 288 g/mol. The van der Waals surface area contributed by atoms with Gasteiger partial charge in [0.2, 0.25) is 0 Å². The van der Waals surface area contributed by atoms with Gasteiger partial charge in [0.25, 0.3) is 11.5 Å². The van der Waals surface area contributed by atoms with Crippen LogP contribution in [0.3, 0.4) is 0 Å². The van der Waals surface area contributed by atoms with E-state index in [9.17, 15) is 9.59 Å². The second-order valence-electron chi connectivity index (χ2n) is 4.05. The molecule has 1 aromatic carbocycles. The smallest absolute Gasteiger partial charge is 0.271 e. The molecule has 0 saturated heterocycles. The van der Waals surface area contributed by atoms with Gasteiger partial charge >= 0.3 is 0 Å². The zero-order valence-electron chi connectivity index (χ0n) is 10.4. The molecule has 4 N–H and O–H groups in total. The molecule has 2 aromatic rings. The summed E-state index contributed by atoms with van der Waals surface area (Å²) in [6.07, 6.45) is 0. The minimum Gasteiger partial charge on any atom is -0.389 e. The molecule has 0 radical (unpaired) electrons. The van der Waals surface area contributed by atoms with E-state index in [4.69, 9.17) is 18.0 Å². The molecule has 0 atom stereocenters. The summed E-state index contributed by atoms with van der Waals surface area (Å²) in [4.78, 5) is 23.0. The number of hydrogen-bond acceptors (Lipinski definition) is 4. The molecule has 1 amide bonds. The molecule has 0 aliphatic heterocycles. The van der Waals surface area contributed by atoms with E-state index in [1.54, 1.807) is 6.07 Å². The second-order valence-corrected chi connectivity index (χ2v) is 4.49. The third-order valence-corrected chi connectivity index (χ3v) is 2.81. The Labute approximate surface area is 120 Å². The molecule has 0 saturated carbocycles. The number of carbonyl (C=O) groups excluding carboxylic acids is 1. The van der Waals surface area contributed by atoms with E-state index in [1.165, 1.54) is 12.1 Å². The lowest BCUT2D eigenvalue weighted by molar-refractivity contribution is 0.0945. The van der Waals surface area contributed by atoms with Gasteiger partial charge in [-0.25, -0.2) is 5.10 Å². The number of nitrogens with zero attached hydrogens (tertiary/aromatic N) is 1. The molecule has 1 heterocycles. The van der Waals surface area contributed by atoms with Crippen LogP contribution in [0, 0.1) is 0 Å². The number of nitrogens with two attached hydrogens (primary N) is 1. The Morgan fingerprint density at radius 3 is 2.80 bits per heavy atom. The molecular weight excluding hydrogens is 276 g/mol. The highest BCUT2D eigenvalue weighted by Crippen LogP contribution is 2.05. The van der Waals surface area contributed by atoms with Gasteiger partial charge in [0.1, 0.15) is 10.7 Å². The second kappa shape index (κ2) is 6.07. The first-order valence-electron chi connectivity index (χ1n) is 5.79. The van der Waals surface area contributed by atoms with Crippen molar-refractivity contribution in [2.45, 2.75) is 6.54 Å². The Bertz CT molecular complexity index is 691. The maximum absolute atomic E-state index is 11.8. The van der Waals surface area contributed by atoms with Gasteiger partial charge < -0.3 is 11.1 Å². The van der Waals surface area contributed by atoms with Gasteiger partial charge in [-0.3, -0.25) is 9.59 Å². The first-order valence-corrected chi connectivity index (χ1v) is 6.20. The fourth-order valence-electron chi connectivity index (χ4n) is 1.58. The molecule has 7 heteroatoms. The van der Waals surface area contributed by atoms with Gasteiger partial charge in [-0.05, 0) is 17.7 Å². The van der Waals surface area contributed by atoms with Gasteiger partial charge in [-0.1, -0.05) is 30.4 Å². The normalized spacial score (nSPS) is 10.0. The van der Waals surface area contributed by atoms with Crippen LogP contribution in [0.25, 0.3) is 0 Å². The van der Waals surface area contributed by atoms with Gasteiger partial charge in [-0.15, -0.1) is 0 Å². The van der Waals surface area contributed by atoms with E-state index in [1.807, 2.05) is 18.2 Å². The Kier molecular flexibility index (Phi) is 4.21. The standard InChI is InChI=1S/C13H12N4O2S/c14-12(20)9-3-1-2-8(6-9)7-15-13(19)10-4-5-11(18)17-16-10/h1-6H,7H2,(H2,14,20)(H,15,19)(H,17,18). The highest BCUT2D eigenvalue weighted by molar-refractivity contribution is 7.80. The number of carbonyl (C=O) groups is 1. The highest BCUT2D eigenvalue weighted by Gasteiger charge is 2.07. The summed E-state index contributed by atoms with van der Waals surface area (Å²) < 4.78 is 0. The summed E-state index contributed by atoms with van der Waals surface area (Å²) in [5, 5.41) is 8.54. The summed E-state index contributed by atoms with van der Waals surface area (Å²) in [5.41, 5.74) is 6.95. The molecular formula is C13H12N4O2S. The first-order chi connectivity index (χ1) is 9.56. The third-order valence-electron chi connectivity index (χ3n) is 2.58. The summed E-state index contributed by atoms with van der Waals surface area (Å²) >= 11 is 4.89. The molecule has 0 aliphatic rings. The number of amides is 1. The summed E-state index contributed by atoms with van der Waals surface area (Å²) in [6.45, 7) is 0.316. The maximum atomic E-state index is 11.8. The van der Waals surface area contributed by atoms with Crippen LogP contribution in [0.15, 0.2) is 41.2 Å². The van der Waals surface area contributed by atoms with E-state index < -0.39 is 0 Å². The predicted molar refractivity (Wildman–Crippen MR) is 78.4 cm³/mol. The van der Waals surface area contributed by atoms with Crippen LogP contribution in [0.5, 0.6) is 0 Å². The van der Waals surface area contributed by atoms with Crippen LogP contribution < -0.4 is 16.6 Å². The van der Waals surface area contributed by atoms with Crippen molar-refractivity contribution in [2.75, 3.05) is 0 Å². The molecule has 2 rings (SSSR count). The third kappa shape index (κ3) is 3.48. The van der Waals surface area contributed by atoms with Crippen molar-refractivity contribution in [3.63, 3.8) is 0 Å². The number of rotatable bonds is 4. The van der Waals surface area contributed by atoms with Crippen molar-refractivity contribution in [3.05, 3.63) is 63.6 Å². The quantitative estimate of drug-likeness (QED) is 0.704. The Balaban J connectivity index is 2.03. The average Bonchev–Trinajstić information content (AvgIpc) is 2.46. The van der Waals surface area contributed by atoms with E-state index in [-0.39, 0.29) is 17.2 Å². The van der Waals surface area contributed by atoms with Crippen LogP contribution >= 0.6 is 12.2 Å². The minimum atomic E-state index is -0.373. The predicted octanol–water partition coefficient (Wildman–Crippen LogP) is 0.334. The first kappa shape index (κ1) is 13.9. The van der Waals surface area contributed by atoms with Crippen molar-refractivity contribution < 1.29 is 4.79 Å². The van der Waals surface area contributed by atoms with Gasteiger partial charge in [0.05, 0.1) is 0 Å². The maximum Gasteiger partial charge on any atom is 0.271 e. The molecule has 1 aromatic heterocycles. The Morgan fingerprint density at radius 2 is 2.15 bits per heavy atom. The number of thiocarbonyl (C=S) groups is 1. The van der Waals surface area contributed by atoms with Gasteiger partial charge in [0.15, 0.2) is 0 Å². The van der Waals surface area contributed by atoms with E-state index >= 15 is 0 Å². The van der Waals surface area contributed by atoms with Crippen LogP contribution in [-0.2, 0) is 6.54 Å². The Morgan fingerprint density at radius 1 is 1.35 bits per heavy atom. The van der Waals surface area contributed by atoms with Gasteiger partial charge in [-0.2, -0.15) is 5.10 Å². The Hall–Kier alpha value is -2.54. The van der Waals surface area contributed by atoms with Crippen LogP contribution in [0.4, 0.5) is 0 Å². The largest absolute Gasteiger partial charge is 0.389 e. The lowest BCUT2D eigenvalue weighted by atomic mass is 10.1. The monoisotopic (exact) mass is 288 g/mol. The number of aromatic amines is 1. The minimum absolute atomic E-state index is 0.148. The summed E-state index contributed by atoms with van der Waals surface area (Å²) in [5.74, 6) is -0.373. The van der Waals surface area contributed by atoms with E-state index in [0.29, 0.717) is 11.5 Å². The zero-order chi connectivity index (χ0) is 14.5. The summed E-state index contributed by atoms with van der Waals surface area (Å²) in [7, 11) is 0. The molecule has 6 nitrogen and oxygen atoms in total. The zero-order valence-corrected chi connectivity index (χ0v) is 11.2. The lowest BCUT2D eigenvalue weighted by Crippen LogP contribution is -2.25. The van der Waals surface area contributed by atoms with E-state index in [2.05, 4.69) is 15.5 Å².